The highest BCUT2D eigenvalue weighted by molar-refractivity contribution is 6.46. The summed E-state index contributed by atoms with van der Waals surface area (Å²) in [4.78, 5) is 30.6. The Morgan fingerprint density at radius 1 is 1.08 bits per heavy atom. The third kappa shape index (κ3) is 6.21. The molecule has 7 heteroatoms. The van der Waals surface area contributed by atoms with Crippen molar-refractivity contribution < 1.29 is 24.2 Å². The van der Waals surface area contributed by atoms with E-state index in [1.165, 1.54) is 0 Å². The molecule has 1 aliphatic rings. The number of benzene rings is 2. The number of rotatable bonds is 10. The highest BCUT2D eigenvalue weighted by atomic mass is 16.5. The first-order valence-corrected chi connectivity index (χ1v) is 13.4. The topological polar surface area (TPSA) is 79.3 Å². The number of hydrogen-bond acceptors (Lipinski definition) is 6. The maximum absolute atomic E-state index is 13.5. The summed E-state index contributed by atoms with van der Waals surface area (Å²) in [5.41, 5.74) is 1.90. The van der Waals surface area contributed by atoms with Crippen molar-refractivity contribution in [3.63, 3.8) is 0 Å². The first-order valence-electron chi connectivity index (χ1n) is 13.4. The van der Waals surface area contributed by atoms with Crippen molar-refractivity contribution in [2.75, 3.05) is 33.3 Å². The maximum Gasteiger partial charge on any atom is 0.295 e. The number of methoxy groups -OCH3 is 1. The summed E-state index contributed by atoms with van der Waals surface area (Å²) in [7, 11) is 1.61. The van der Waals surface area contributed by atoms with Gasteiger partial charge in [0, 0.05) is 24.2 Å². The normalized spacial score (nSPS) is 17.5. The molecule has 7 nitrogen and oxygen atoms in total. The number of hydrogen-bond donors (Lipinski definition) is 1. The van der Waals surface area contributed by atoms with Crippen molar-refractivity contribution in [3.05, 3.63) is 64.7 Å². The quantitative estimate of drug-likeness (QED) is 0.251. The van der Waals surface area contributed by atoms with Gasteiger partial charge in [-0.05, 0) is 68.2 Å². The van der Waals surface area contributed by atoms with Gasteiger partial charge in [0.1, 0.15) is 17.3 Å². The number of aliphatic hydroxyl groups excluding tert-OH is 1. The van der Waals surface area contributed by atoms with E-state index in [-0.39, 0.29) is 22.9 Å². The highest BCUT2D eigenvalue weighted by Crippen LogP contribution is 2.41. The number of carbonyl (C=O) groups excluding carboxylic acids is 2. The van der Waals surface area contributed by atoms with Gasteiger partial charge >= 0.3 is 0 Å². The molecule has 1 N–H and O–H groups in total. The Kier molecular flexibility index (Phi) is 9.26. The summed E-state index contributed by atoms with van der Waals surface area (Å²) in [6.07, 6.45) is -0.0330. The summed E-state index contributed by atoms with van der Waals surface area (Å²) in [6, 6.07) is 12.0. The van der Waals surface area contributed by atoms with Gasteiger partial charge in [-0.25, -0.2) is 0 Å². The fourth-order valence-electron chi connectivity index (χ4n) is 4.87. The third-order valence-electron chi connectivity index (χ3n) is 6.92. The number of ether oxygens (including phenoxy) is 2. The maximum atomic E-state index is 13.5. The molecule has 0 bridgehead atoms. The molecule has 2 aromatic rings. The molecule has 0 aromatic heterocycles. The molecule has 1 fully saturated rings. The zero-order chi connectivity index (χ0) is 28.2. The smallest absolute Gasteiger partial charge is 0.295 e. The number of likely N-dealkylation sites (tertiary alicyclic amines) is 1. The Balaban J connectivity index is 2.19. The molecule has 1 unspecified atom stereocenters. The molecule has 38 heavy (non-hydrogen) atoms. The van der Waals surface area contributed by atoms with Crippen molar-refractivity contribution in [2.24, 2.45) is 0 Å². The van der Waals surface area contributed by atoms with E-state index >= 15 is 0 Å². The lowest BCUT2D eigenvalue weighted by Crippen LogP contribution is -2.38. The van der Waals surface area contributed by atoms with Gasteiger partial charge in [-0.2, -0.15) is 0 Å². The number of Topliss-reactive ketones (excluding diaryl/α,β-unsaturated/α-hetero) is 1. The molecule has 0 aliphatic carbocycles. The predicted octanol–water partition coefficient (Wildman–Crippen LogP) is 5.54. The minimum absolute atomic E-state index is 0.0330. The fourth-order valence-corrected chi connectivity index (χ4v) is 4.87. The molecular weight excluding hydrogens is 480 g/mol. The molecule has 1 saturated heterocycles. The summed E-state index contributed by atoms with van der Waals surface area (Å²) in [5, 5.41) is 11.6. The van der Waals surface area contributed by atoms with Crippen LogP contribution >= 0.6 is 0 Å². The van der Waals surface area contributed by atoms with Crippen LogP contribution in [-0.2, 0) is 15.0 Å². The fraction of sp³-hybridized carbons (Fsp3) is 0.484. The molecule has 0 radical (unpaired) electrons. The number of nitrogens with zero attached hydrogens (tertiary/aromatic N) is 2. The largest absolute Gasteiger partial charge is 0.507 e. The number of amides is 1. The Morgan fingerprint density at radius 2 is 1.76 bits per heavy atom. The molecule has 3 rings (SSSR count). The molecule has 1 amide bonds. The van der Waals surface area contributed by atoms with Crippen LogP contribution in [0, 0.1) is 0 Å². The molecule has 2 aromatic carbocycles. The van der Waals surface area contributed by atoms with Gasteiger partial charge in [0.05, 0.1) is 24.8 Å². The zero-order valence-corrected chi connectivity index (χ0v) is 24.0. The van der Waals surface area contributed by atoms with Crippen LogP contribution in [0.3, 0.4) is 0 Å². The van der Waals surface area contributed by atoms with E-state index in [4.69, 9.17) is 9.47 Å². The Morgan fingerprint density at radius 3 is 2.34 bits per heavy atom. The Bertz CT molecular complexity index is 1190. The Hall–Kier alpha value is -3.32. The number of likely N-dealkylation sites (N-methyl/N-ethyl adjacent to an activating group) is 1. The summed E-state index contributed by atoms with van der Waals surface area (Å²) in [6.45, 7) is 16.8. The average molecular weight is 523 g/mol. The van der Waals surface area contributed by atoms with Gasteiger partial charge in [0.15, 0.2) is 0 Å². The van der Waals surface area contributed by atoms with Gasteiger partial charge in [-0.1, -0.05) is 46.8 Å². The number of aliphatic hydroxyl groups is 1. The van der Waals surface area contributed by atoms with Crippen LogP contribution in [0.15, 0.2) is 48.0 Å². The highest BCUT2D eigenvalue weighted by Gasteiger charge is 2.46. The molecule has 1 atom stereocenters. The van der Waals surface area contributed by atoms with E-state index < -0.39 is 17.7 Å². The third-order valence-corrected chi connectivity index (χ3v) is 6.92. The average Bonchev–Trinajstić information content (AvgIpc) is 3.12. The van der Waals surface area contributed by atoms with E-state index in [9.17, 15) is 14.7 Å². The second-order valence-electron chi connectivity index (χ2n) is 10.9. The summed E-state index contributed by atoms with van der Waals surface area (Å²) < 4.78 is 11.5. The molecule has 0 spiro atoms. The second kappa shape index (κ2) is 12.0. The van der Waals surface area contributed by atoms with Crippen LogP contribution in [0.1, 0.15) is 71.2 Å². The summed E-state index contributed by atoms with van der Waals surface area (Å²) >= 11 is 0. The van der Waals surface area contributed by atoms with Crippen molar-refractivity contribution in [1.29, 1.82) is 0 Å². The van der Waals surface area contributed by atoms with E-state index in [2.05, 4.69) is 39.5 Å². The monoisotopic (exact) mass is 522 g/mol. The van der Waals surface area contributed by atoms with Crippen molar-refractivity contribution in [1.82, 2.24) is 9.80 Å². The van der Waals surface area contributed by atoms with Crippen LogP contribution in [0.25, 0.3) is 5.76 Å². The molecule has 1 heterocycles. The van der Waals surface area contributed by atoms with Crippen molar-refractivity contribution in [2.45, 2.75) is 66.0 Å². The number of carbonyl (C=O) groups is 2. The first kappa shape index (κ1) is 29.2. The van der Waals surface area contributed by atoms with Crippen LogP contribution < -0.4 is 9.47 Å². The van der Waals surface area contributed by atoms with Crippen molar-refractivity contribution >= 4 is 17.4 Å². The van der Waals surface area contributed by atoms with E-state index in [1.807, 2.05) is 44.2 Å². The van der Waals surface area contributed by atoms with Gasteiger partial charge in [0.25, 0.3) is 11.7 Å². The zero-order valence-electron chi connectivity index (χ0n) is 24.0. The van der Waals surface area contributed by atoms with E-state index in [0.717, 1.165) is 18.7 Å². The van der Waals surface area contributed by atoms with Gasteiger partial charge in [0.2, 0.25) is 0 Å². The van der Waals surface area contributed by atoms with Gasteiger partial charge in [-0.15, -0.1) is 0 Å². The van der Waals surface area contributed by atoms with E-state index in [0.29, 0.717) is 35.7 Å². The molecule has 1 aliphatic heterocycles. The molecular formula is C31H42N2O5. The lowest BCUT2D eigenvalue weighted by atomic mass is 9.84. The van der Waals surface area contributed by atoms with Gasteiger partial charge in [-0.3, -0.25) is 9.59 Å². The van der Waals surface area contributed by atoms with Crippen LogP contribution in [-0.4, -0.2) is 66.0 Å². The minimum Gasteiger partial charge on any atom is -0.507 e. The van der Waals surface area contributed by atoms with E-state index in [1.54, 1.807) is 24.1 Å². The standard InChI is InChI=1S/C31H42N2O5/c1-9-32(10-2)16-17-33-27(21-12-11-13-23(18-21)38-20(3)4)26(29(35)30(33)36)28(34)22-14-15-25(37-8)24(19-22)31(5,6)7/h11-15,18-20,27,34H,9-10,16-17H2,1-8H3/b28-26+. The predicted molar refractivity (Wildman–Crippen MR) is 151 cm³/mol. The van der Waals surface area contributed by atoms with Crippen LogP contribution in [0.4, 0.5) is 0 Å². The summed E-state index contributed by atoms with van der Waals surface area (Å²) in [5.74, 6) is -0.143. The van der Waals surface area contributed by atoms with Crippen molar-refractivity contribution in [3.8, 4) is 11.5 Å². The Labute approximate surface area is 227 Å². The molecule has 206 valence electrons. The first-order chi connectivity index (χ1) is 17.9. The van der Waals surface area contributed by atoms with Crippen LogP contribution in [0.2, 0.25) is 0 Å². The lowest BCUT2D eigenvalue weighted by Gasteiger charge is -2.28. The lowest BCUT2D eigenvalue weighted by molar-refractivity contribution is -0.140. The van der Waals surface area contributed by atoms with Crippen LogP contribution in [0.5, 0.6) is 11.5 Å². The molecule has 0 saturated carbocycles. The SMILES string of the molecule is CCN(CC)CCN1C(=O)C(=O)/C(=C(/O)c2ccc(OC)c(C(C)(C)C)c2)C1c1cccc(OC(C)C)c1. The second-order valence-corrected chi connectivity index (χ2v) is 10.9. The van der Waals surface area contributed by atoms with Gasteiger partial charge < -0.3 is 24.4 Å². The minimum atomic E-state index is -0.735. The number of ketones is 1.